The van der Waals surface area contributed by atoms with Crippen LogP contribution in [0.1, 0.15) is 35.0 Å². The summed E-state index contributed by atoms with van der Waals surface area (Å²) < 4.78 is 18.5. The zero-order valence-corrected chi connectivity index (χ0v) is 17.4. The van der Waals surface area contributed by atoms with Crippen LogP contribution >= 0.6 is 11.3 Å². The van der Waals surface area contributed by atoms with Crippen LogP contribution in [0.25, 0.3) is 11.1 Å². The first-order valence-electron chi connectivity index (χ1n) is 9.56. The lowest BCUT2D eigenvalue weighted by atomic mass is 9.82. The molecule has 8 heteroatoms. The maximum absolute atomic E-state index is 13.4. The van der Waals surface area contributed by atoms with Gasteiger partial charge in [0, 0.05) is 22.3 Å². The zero-order chi connectivity index (χ0) is 21.8. The van der Waals surface area contributed by atoms with Crippen LogP contribution in [-0.2, 0) is 14.3 Å². The highest BCUT2D eigenvalue weighted by Gasteiger charge is 2.32. The molecule has 0 spiro atoms. The first-order chi connectivity index (χ1) is 14.3. The van der Waals surface area contributed by atoms with Gasteiger partial charge in [-0.15, -0.1) is 11.3 Å². The van der Waals surface area contributed by atoms with Crippen LogP contribution in [0.2, 0.25) is 0 Å². The van der Waals surface area contributed by atoms with E-state index < -0.39 is 35.5 Å². The van der Waals surface area contributed by atoms with Gasteiger partial charge in [-0.3, -0.25) is 4.79 Å². The standard InChI is InChI=1S/C22H22FNO5S/c1-3-29-22(28)18-17(13-8-10-14(23)11-9-13)12(2)30-20(18)24-19(25)15-6-4-5-7-16(15)21(26)27/h4-5,8-11,15-16H,3,6-7H2,1-2H3,(H,24,25)(H,26,27)/p-1/t15-,16+/m0/s1. The van der Waals surface area contributed by atoms with Crippen molar-refractivity contribution >= 4 is 34.2 Å². The Hall–Kier alpha value is -3.00. The van der Waals surface area contributed by atoms with Gasteiger partial charge in [0.25, 0.3) is 0 Å². The summed E-state index contributed by atoms with van der Waals surface area (Å²) >= 11 is 1.19. The number of rotatable bonds is 6. The fraction of sp³-hybridized carbons (Fsp3) is 0.318. The minimum absolute atomic E-state index is 0.143. The number of anilines is 1. The van der Waals surface area contributed by atoms with Gasteiger partial charge in [0.05, 0.1) is 12.5 Å². The molecular formula is C22H21FNO5S-. The van der Waals surface area contributed by atoms with E-state index in [0.717, 1.165) is 4.88 Å². The number of ether oxygens (including phenoxy) is 1. The molecule has 1 aliphatic carbocycles. The predicted octanol–water partition coefficient (Wildman–Crippen LogP) is 3.31. The van der Waals surface area contributed by atoms with Crippen molar-refractivity contribution in [2.75, 3.05) is 11.9 Å². The van der Waals surface area contributed by atoms with E-state index in [1.54, 1.807) is 38.1 Å². The first-order valence-corrected chi connectivity index (χ1v) is 10.4. The van der Waals surface area contributed by atoms with Gasteiger partial charge >= 0.3 is 5.97 Å². The Balaban J connectivity index is 2.00. The van der Waals surface area contributed by atoms with Gasteiger partial charge in [-0.1, -0.05) is 24.3 Å². The highest BCUT2D eigenvalue weighted by molar-refractivity contribution is 7.17. The second kappa shape index (κ2) is 9.21. The summed E-state index contributed by atoms with van der Waals surface area (Å²) in [7, 11) is 0. The zero-order valence-electron chi connectivity index (χ0n) is 16.6. The Bertz CT molecular complexity index is 996. The van der Waals surface area contributed by atoms with Crippen LogP contribution in [0.3, 0.4) is 0 Å². The van der Waals surface area contributed by atoms with Crippen molar-refractivity contribution in [3.05, 3.63) is 52.7 Å². The predicted molar refractivity (Wildman–Crippen MR) is 109 cm³/mol. The number of carboxylic acids is 1. The second-order valence-corrected chi connectivity index (χ2v) is 8.15. The topological polar surface area (TPSA) is 95.5 Å². The van der Waals surface area contributed by atoms with Crippen molar-refractivity contribution in [2.45, 2.75) is 26.7 Å². The Morgan fingerprint density at radius 2 is 1.80 bits per heavy atom. The molecule has 1 heterocycles. The van der Waals surface area contributed by atoms with Gasteiger partial charge in [-0.05, 0) is 44.4 Å². The number of amides is 1. The summed E-state index contributed by atoms with van der Waals surface area (Å²) in [6.07, 6.45) is 3.97. The van der Waals surface area contributed by atoms with E-state index in [4.69, 9.17) is 4.74 Å². The average Bonchev–Trinajstić information content (AvgIpc) is 3.04. The number of allylic oxidation sites excluding steroid dienone is 2. The van der Waals surface area contributed by atoms with E-state index in [1.807, 2.05) is 0 Å². The lowest BCUT2D eigenvalue weighted by Gasteiger charge is -2.28. The van der Waals surface area contributed by atoms with E-state index in [-0.39, 0.29) is 30.0 Å². The third kappa shape index (κ3) is 4.43. The molecule has 1 aromatic heterocycles. The fourth-order valence-corrected chi connectivity index (χ4v) is 4.63. The molecular weight excluding hydrogens is 409 g/mol. The number of halogens is 1. The van der Waals surface area contributed by atoms with E-state index in [9.17, 15) is 23.9 Å². The molecule has 1 N–H and O–H groups in total. The maximum atomic E-state index is 13.4. The minimum Gasteiger partial charge on any atom is -0.550 e. The molecule has 0 radical (unpaired) electrons. The van der Waals surface area contributed by atoms with Crippen molar-refractivity contribution in [1.82, 2.24) is 0 Å². The number of carbonyl (C=O) groups is 3. The van der Waals surface area contributed by atoms with Crippen LogP contribution in [-0.4, -0.2) is 24.5 Å². The molecule has 30 heavy (non-hydrogen) atoms. The normalized spacial score (nSPS) is 18.1. The lowest BCUT2D eigenvalue weighted by molar-refractivity contribution is -0.313. The summed E-state index contributed by atoms with van der Waals surface area (Å²) in [5, 5.41) is 14.4. The second-order valence-electron chi connectivity index (χ2n) is 6.93. The summed E-state index contributed by atoms with van der Waals surface area (Å²) in [4.78, 5) is 37.8. The van der Waals surface area contributed by atoms with E-state index >= 15 is 0 Å². The molecule has 1 amide bonds. The molecule has 0 saturated heterocycles. The Morgan fingerprint density at radius 1 is 1.17 bits per heavy atom. The number of benzene rings is 1. The maximum Gasteiger partial charge on any atom is 0.341 e. The van der Waals surface area contributed by atoms with Gasteiger partial charge in [-0.2, -0.15) is 0 Å². The monoisotopic (exact) mass is 430 g/mol. The Morgan fingerprint density at radius 3 is 2.40 bits per heavy atom. The third-order valence-corrected chi connectivity index (χ3v) is 6.03. The average molecular weight is 430 g/mol. The molecule has 158 valence electrons. The van der Waals surface area contributed by atoms with Gasteiger partial charge in [-0.25, -0.2) is 9.18 Å². The molecule has 2 atom stereocenters. The molecule has 1 aromatic carbocycles. The molecule has 0 saturated carbocycles. The number of nitrogens with one attached hydrogen (secondary N) is 1. The van der Waals surface area contributed by atoms with Crippen molar-refractivity contribution in [3.63, 3.8) is 0 Å². The Labute approximate surface area is 177 Å². The van der Waals surface area contributed by atoms with Crippen LogP contribution in [0, 0.1) is 24.6 Å². The van der Waals surface area contributed by atoms with Crippen molar-refractivity contribution in [1.29, 1.82) is 0 Å². The fourth-order valence-electron chi connectivity index (χ4n) is 3.56. The molecule has 0 unspecified atom stereocenters. The molecule has 0 fully saturated rings. The first kappa shape index (κ1) is 21.7. The largest absolute Gasteiger partial charge is 0.550 e. The molecule has 0 aliphatic heterocycles. The van der Waals surface area contributed by atoms with Gasteiger partial charge in [0.15, 0.2) is 0 Å². The quantitative estimate of drug-likeness (QED) is 0.560. The third-order valence-electron chi connectivity index (χ3n) is 5.01. The highest BCUT2D eigenvalue weighted by atomic mass is 32.1. The van der Waals surface area contributed by atoms with Crippen LogP contribution in [0.5, 0.6) is 0 Å². The smallest absolute Gasteiger partial charge is 0.341 e. The van der Waals surface area contributed by atoms with Gasteiger partial charge in [0.1, 0.15) is 16.4 Å². The number of thiophene rings is 1. The molecule has 3 rings (SSSR count). The van der Waals surface area contributed by atoms with E-state index in [2.05, 4.69) is 5.32 Å². The van der Waals surface area contributed by atoms with Crippen molar-refractivity contribution in [3.8, 4) is 11.1 Å². The minimum atomic E-state index is -1.28. The van der Waals surface area contributed by atoms with Crippen molar-refractivity contribution < 1.29 is 28.6 Å². The number of aliphatic carboxylic acids is 1. The number of hydrogen-bond acceptors (Lipinski definition) is 6. The van der Waals surface area contributed by atoms with Crippen molar-refractivity contribution in [2.24, 2.45) is 11.8 Å². The number of hydrogen-bond donors (Lipinski definition) is 1. The summed E-state index contributed by atoms with van der Waals surface area (Å²) in [5.41, 5.74) is 1.34. The molecule has 1 aliphatic rings. The molecule has 6 nitrogen and oxygen atoms in total. The van der Waals surface area contributed by atoms with Crippen LogP contribution < -0.4 is 10.4 Å². The Kier molecular flexibility index (Phi) is 6.66. The molecule has 2 aromatic rings. The highest BCUT2D eigenvalue weighted by Crippen LogP contribution is 2.41. The number of carboxylic acid groups (broad SMARTS) is 1. The summed E-state index contributed by atoms with van der Waals surface area (Å²) in [5.74, 6) is -4.52. The SMILES string of the molecule is CCOC(=O)c1c(NC(=O)[C@H]2CC=CC[C@H]2C(=O)[O-])sc(C)c1-c1ccc(F)cc1. The van der Waals surface area contributed by atoms with Crippen LogP contribution in [0.4, 0.5) is 9.39 Å². The number of esters is 1. The van der Waals surface area contributed by atoms with E-state index in [0.29, 0.717) is 11.1 Å². The number of aryl methyl sites for hydroxylation is 1. The van der Waals surface area contributed by atoms with Gasteiger partial charge < -0.3 is 20.0 Å². The van der Waals surface area contributed by atoms with Crippen LogP contribution in [0.15, 0.2) is 36.4 Å². The van der Waals surface area contributed by atoms with Gasteiger partial charge in [0.2, 0.25) is 5.91 Å². The number of carbonyl (C=O) groups excluding carboxylic acids is 3. The molecule has 0 bridgehead atoms. The lowest BCUT2D eigenvalue weighted by Crippen LogP contribution is -2.41. The summed E-state index contributed by atoms with van der Waals surface area (Å²) in [6.45, 7) is 3.60. The summed E-state index contributed by atoms with van der Waals surface area (Å²) in [6, 6.07) is 5.68. The van der Waals surface area contributed by atoms with E-state index in [1.165, 1.54) is 23.5 Å².